The second-order valence-electron chi connectivity index (χ2n) is 8.79. The number of carbonyl (C=O) groups is 3. The van der Waals surface area contributed by atoms with E-state index in [1.54, 1.807) is 29.3 Å². The molecule has 7 heteroatoms. The molecule has 3 rings (SSSR count). The number of rotatable bonds is 9. The number of anilines is 2. The fourth-order valence-corrected chi connectivity index (χ4v) is 4.16. The van der Waals surface area contributed by atoms with Gasteiger partial charge >= 0.3 is 0 Å². The molecule has 1 saturated carbocycles. The number of pyridine rings is 1. The van der Waals surface area contributed by atoms with Gasteiger partial charge in [0.15, 0.2) is 0 Å². The SMILES string of the molecule is Cc1ccc(C)c(N(CC(=O)NC2CCCCC2)C(=O)CCCC(=O)Nc2ccccn2)c1. The summed E-state index contributed by atoms with van der Waals surface area (Å²) in [7, 11) is 0. The molecule has 1 aliphatic rings. The van der Waals surface area contributed by atoms with Gasteiger partial charge in [-0.3, -0.25) is 14.4 Å². The number of amides is 3. The topological polar surface area (TPSA) is 91.4 Å². The zero-order chi connectivity index (χ0) is 23.6. The molecule has 0 aliphatic heterocycles. The lowest BCUT2D eigenvalue weighted by atomic mass is 9.95. The van der Waals surface area contributed by atoms with Gasteiger partial charge in [0.1, 0.15) is 12.4 Å². The van der Waals surface area contributed by atoms with Crippen molar-refractivity contribution in [1.29, 1.82) is 0 Å². The van der Waals surface area contributed by atoms with Gasteiger partial charge in [0.2, 0.25) is 17.7 Å². The predicted octanol–water partition coefficient (Wildman–Crippen LogP) is 4.29. The van der Waals surface area contributed by atoms with Crippen LogP contribution in [0, 0.1) is 13.8 Å². The van der Waals surface area contributed by atoms with E-state index in [1.807, 2.05) is 32.0 Å². The number of aromatic nitrogens is 1. The Hall–Kier alpha value is -3.22. The van der Waals surface area contributed by atoms with E-state index in [2.05, 4.69) is 15.6 Å². The molecule has 0 unspecified atom stereocenters. The Labute approximate surface area is 196 Å². The molecule has 3 amide bonds. The largest absolute Gasteiger partial charge is 0.352 e. The van der Waals surface area contributed by atoms with E-state index in [0.717, 1.165) is 42.5 Å². The highest BCUT2D eigenvalue weighted by molar-refractivity contribution is 5.99. The van der Waals surface area contributed by atoms with Crippen LogP contribution in [-0.4, -0.2) is 35.3 Å². The van der Waals surface area contributed by atoms with Gasteiger partial charge in [-0.1, -0.05) is 37.5 Å². The number of hydrogen-bond donors (Lipinski definition) is 2. The Morgan fingerprint density at radius 3 is 2.52 bits per heavy atom. The van der Waals surface area contributed by atoms with Crippen LogP contribution in [0.2, 0.25) is 0 Å². The Morgan fingerprint density at radius 2 is 1.79 bits per heavy atom. The Balaban J connectivity index is 1.61. The molecule has 0 bridgehead atoms. The van der Waals surface area contributed by atoms with Crippen molar-refractivity contribution < 1.29 is 14.4 Å². The highest BCUT2D eigenvalue weighted by Crippen LogP contribution is 2.23. The molecule has 0 spiro atoms. The maximum atomic E-state index is 13.2. The highest BCUT2D eigenvalue weighted by atomic mass is 16.2. The van der Waals surface area contributed by atoms with Crippen molar-refractivity contribution in [3.05, 3.63) is 53.7 Å². The predicted molar refractivity (Wildman–Crippen MR) is 130 cm³/mol. The second-order valence-corrected chi connectivity index (χ2v) is 8.79. The minimum atomic E-state index is -0.185. The van der Waals surface area contributed by atoms with Gasteiger partial charge in [0.25, 0.3) is 0 Å². The van der Waals surface area contributed by atoms with E-state index >= 15 is 0 Å². The number of nitrogens with one attached hydrogen (secondary N) is 2. The van der Waals surface area contributed by atoms with Crippen LogP contribution in [-0.2, 0) is 14.4 Å². The number of aryl methyl sites for hydroxylation is 2. The van der Waals surface area contributed by atoms with Gasteiger partial charge in [-0.25, -0.2) is 4.98 Å². The van der Waals surface area contributed by atoms with Crippen molar-refractivity contribution in [3.8, 4) is 0 Å². The second kappa shape index (κ2) is 12.1. The molecule has 176 valence electrons. The summed E-state index contributed by atoms with van der Waals surface area (Å²) in [5.74, 6) is 0.0113. The molecule has 1 fully saturated rings. The van der Waals surface area contributed by atoms with Gasteiger partial charge in [-0.2, -0.15) is 0 Å². The molecule has 1 aliphatic carbocycles. The normalized spacial score (nSPS) is 13.9. The van der Waals surface area contributed by atoms with E-state index in [-0.39, 0.29) is 43.1 Å². The molecule has 2 N–H and O–H groups in total. The third kappa shape index (κ3) is 7.70. The van der Waals surface area contributed by atoms with Crippen molar-refractivity contribution in [1.82, 2.24) is 10.3 Å². The summed E-state index contributed by atoms with van der Waals surface area (Å²) in [5.41, 5.74) is 2.71. The van der Waals surface area contributed by atoms with Crippen LogP contribution in [0.3, 0.4) is 0 Å². The Morgan fingerprint density at radius 1 is 1.00 bits per heavy atom. The summed E-state index contributed by atoms with van der Waals surface area (Å²) in [6.45, 7) is 3.89. The molecule has 0 saturated heterocycles. The summed E-state index contributed by atoms with van der Waals surface area (Å²) < 4.78 is 0. The standard InChI is InChI=1S/C26H34N4O3/c1-19-14-15-20(2)22(17-19)30(18-25(32)28-21-9-4-3-5-10-21)26(33)13-8-12-24(31)29-23-11-6-7-16-27-23/h6-7,11,14-17,21H,3-5,8-10,12-13,18H2,1-2H3,(H,28,32)(H,27,29,31). The van der Waals surface area contributed by atoms with Crippen LogP contribution in [0.4, 0.5) is 11.5 Å². The molecular formula is C26H34N4O3. The monoisotopic (exact) mass is 450 g/mol. The summed E-state index contributed by atoms with van der Waals surface area (Å²) in [6, 6.07) is 11.4. The lowest BCUT2D eigenvalue weighted by Gasteiger charge is -2.27. The quantitative estimate of drug-likeness (QED) is 0.596. The smallest absolute Gasteiger partial charge is 0.240 e. The number of carbonyl (C=O) groups excluding carboxylic acids is 3. The van der Waals surface area contributed by atoms with Crippen LogP contribution >= 0.6 is 0 Å². The van der Waals surface area contributed by atoms with Crippen LogP contribution in [0.25, 0.3) is 0 Å². The zero-order valence-corrected chi connectivity index (χ0v) is 19.6. The average Bonchev–Trinajstić information content (AvgIpc) is 2.80. The third-order valence-corrected chi connectivity index (χ3v) is 5.96. The Kier molecular flexibility index (Phi) is 8.98. The van der Waals surface area contributed by atoms with Crippen LogP contribution in [0.5, 0.6) is 0 Å². The van der Waals surface area contributed by atoms with E-state index in [9.17, 15) is 14.4 Å². The molecule has 0 radical (unpaired) electrons. The van der Waals surface area contributed by atoms with E-state index < -0.39 is 0 Å². The lowest BCUT2D eigenvalue weighted by Crippen LogP contribution is -2.45. The molecule has 7 nitrogen and oxygen atoms in total. The summed E-state index contributed by atoms with van der Waals surface area (Å²) in [5, 5.41) is 5.84. The summed E-state index contributed by atoms with van der Waals surface area (Å²) in [6.07, 6.45) is 7.85. The summed E-state index contributed by atoms with van der Waals surface area (Å²) >= 11 is 0. The highest BCUT2D eigenvalue weighted by Gasteiger charge is 2.23. The number of hydrogen-bond acceptors (Lipinski definition) is 4. The lowest BCUT2D eigenvalue weighted by molar-refractivity contribution is -0.124. The number of benzene rings is 1. The zero-order valence-electron chi connectivity index (χ0n) is 19.6. The van der Waals surface area contributed by atoms with Gasteiger partial charge in [-0.05, 0) is 62.4 Å². The van der Waals surface area contributed by atoms with E-state index in [0.29, 0.717) is 12.2 Å². The van der Waals surface area contributed by atoms with Crippen molar-refractivity contribution in [3.63, 3.8) is 0 Å². The number of nitrogens with zero attached hydrogens (tertiary/aromatic N) is 2. The molecule has 2 aromatic rings. The first kappa shape index (κ1) is 24.4. The van der Waals surface area contributed by atoms with Crippen molar-refractivity contribution in [2.45, 2.75) is 71.3 Å². The first-order valence-corrected chi connectivity index (χ1v) is 11.8. The third-order valence-electron chi connectivity index (χ3n) is 5.96. The molecule has 1 heterocycles. The minimum absolute atomic E-state index is 0.0141. The maximum Gasteiger partial charge on any atom is 0.240 e. The first-order chi connectivity index (χ1) is 15.9. The van der Waals surface area contributed by atoms with Gasteiger partial charge < -0.3 is 15.5 Å². The van der Waals surface area contributed by atoms with Crippen molar-refractivity contribution in [2.24, 2.45) is 0 Å². The van der Waals surface area contributed by atoms with Crippen LogP contribution < -0.4 is 15.5 Å². The molecular weight excluding hydrogens is 416 g/mol. The van der Waals surface area contributed by atoms with E-state index in [4.69, 9.17) is 0 Å². The van der Waals surface area contributed by atoms with Gasteiger partial charge in [-0.15, -0.1) is 0 Å². The average molecular weight is 451 g/mol. The molecule has 33 heavy (non-hydrogen) atoms. The Bertz CT molecular complexity index is 955. The van der Waals surface area contributed by atoms with Crippen molar-refractivity contribution >= 4 is 29.2 Å². The van der Waals surface area contributed by atoms with Crippen LogP contribution in [0.15, 0.2) is 42.6 Å². The fraction of sp³-hybridized carbons (Fsp3) is 0.462. The molecule has 1 aromatic carbocycles. The maximum absolute atomic E-state index is 13.2. The van der Waals surface area contributed by atoms with Gasteiger partial charge in [0.05, 0.1) is 0 Å². The van der Waals surface area contributed by atoms with Gasteiger partial charge in [0, 0.05) is 30.8 Å². The summed E-state index contributed by atoms with van der Waals surface area (Å²) in [4.78, 5) is 43.8. The van der Waals surface area contributed by atoms with Crippen molar-refractivity contribution in [2.75, 3.05) is 16.8 Å². The van der Waals surface area contributed by atoms with Crippen LogP contribution in [0.1, 0.15) is 62.5 Å². The first-order valence-electron chi connectivity index (χ1n) is 11.8. The fourth-order valence-electron chi connectivity index (χ4n) is 4.16. The van der Waals surface area contributed by atoms with E-state index in [1.165, 1.54) is 6.42 Å². The molecule has 1 aromatic heterocycles. The molecule has 0 atom stereocenters. The minimum Gasteiger partial charge on any atom is -0.352 e.